The van der Waals surface area contributed by atoms with Gasteiger partial charge in [0.15, 0.2) is 5.82 Å². The SMILES string of the molecule is CCCCC1CCN1C(=O)OOc1ccc([N+](=O)[O-])cc1F. The zero-order valence-corrected chi connectivity index (χ0v) is 12.2. The number of likely N-dealkylation sites (tertiary alicyclic amines) is 1. The third-order valence-corrected chi connectivity index (χ3v) is 3.60. The first-order valence-electron chi connectivity index (χ1n) is 7.12. The van der Waals surface area contributed by atoms with E-state index in [0.29, 0.717) is 12.6 Å². The molecule has 1 fully saturated rings. The Morgan fingerprint density at radius 1 is 1.55 bits per heavy atom. The van der Waals surface area contributed by atoms with E-state index in [2.05, 4.69) is 16.7 Å². The monoisotopic (exact) mass is 312 g/mol. The Labute approximate surface area is 126 Å². The molecule has 1 aliphatic heterocycles. The Hall–Kier alpha value is -2.38. The lowest BCUT2D eigenvalue weighted by atomic mass is 9.98. The maximum absolute atomic E-state index is 13.6. The largest absolute Gasteiger partial charge is 0.453 e. The number of nitro groups is 1. The van der Waals surface area contributed by atoms with E-state index in [1.807, 2.05) is 0 Å². The molecule has 120 valence electrons. The average molecular weight is 312 g/mol. The number of nitrogens with zero attached hydrogens (tertiary/aromatic N) is 2. The lowest BCUT2D eigenvalue weighted by Gasteiger charge is -2.39. The number of halogens is 1. The zero-order valence-electron chi connectivity index (χ0n) is 12.2. The van der Waals surface area contributed by atoms with Gasteiger partial charge in [-0.15, -0.1) is 0 Å². The first-order chi connectivity index (χ1) is 10.5. The molecule has 1 amide bonds. The van der Waals surface area contributed by atoms with Crippen LogP contribution in [-0.4, -0.2) is 28.5 Å². The van der Waals surface area contributed by atoms with E-state index in [-0.39, 0.29) is 11.8 Å². The Bertz CT molecular complexity index is 566. The Morgan fingerprint density at radius 3 is 2.86 bits per heavy atom. The van der Waals surface area contributed by atoms with Crippen LogP contribution in [0.15, 0.2) is 18.2 Å². The predicted molar refractivity (Wildman–Crippen MR) is 74.8 cm³/mol. The molecule has 0 aliphatic carbocycles. The van der Waals surface area contributed by atoms with Crippen LogP contribution in [0.2, 0.25) is 0 Å². The fraction of sp³-hybridized carbons (Fsp3) is 0.500. The standard InChI is InChI=1S/C14H17FN2O5/c1-2-3-4-10-7-8-16(10)14(18)22-21-13-6-5-11(17(19)20)9-12(13)15/h5-6,9-10H,2-4,7-8H2,1H3. The molecule has 0 bridgehead atoms. The van der Waals surface area contributed by atoms with Crippen molar-refractivity contribution in [2.45, 2.75) is 38.6 Å². The van der Waals surface area contributed by atoms with Crippen LogP contribution in [0, 0.1) is 15.9 Å². The molecule has 0 aromatic heterocycles. The number of amides is 1. The molecular formula is C14H17FN2O5. The minimum Gasteiger partial charge on any atom is -0.302 e. The van der Waals surface area contributed by atoms with Gasteiger partial charge in [0, 0.05) is 18.7 Å². The highest BCUT2D eigenvalue weighted by molar-refractivity contribution is 5.68. The van der Waals surface area contributed by atoms with Crippen LogP contribution in [0.4, 0.5) is 14.9 Å². The molecule has 1 heterocycles. The summed E-state index contributed by atoms with van der Waals surface area (Å²) in [5.41, 5.74) is -0.404. The quantitative estimate of drug-likeness (QED) is 0.456. The minimum absolute atomic E-state index is 0.137. The number of hydrogen-bond donors (Lipinski definition) is 0. The number of non-ortho nitro benzene ring substituents is 1. The molecule has 22 heavy (non-hydrogen) atoms. The molecule has 1 atom stereocenters. The summed E-state index contributed by atoms with van der Waals surface area (Å²) in [4.78, 5) is 32.4. The molecule has 0 radical (unpaired) electrons. The van der Waals surface area contributed by atoms with Gasteiger partial charge in [0.05, 0.1) is 11.0 Å². The van der Waals surface area contributed by atoms with Gasteiger partial charge < -0.3 is 4.90 Å². The van der Waals surface area contributed by atoms with Crippen molar-refractivity contribution in [1.29, 1.82) is 0 Å². The van der Waals surface area contributed by atoms with Crippen LogP contribution in [0.5, 0.6) is 5.75 Å². The normalized spacial score (nSPS) is 16.8. The van der Waals surface area contributed by atoms with Crippen molar-refractivity contribution in [1.82, 2.24) is 4.90 Å². The maximum atomic E-state index is 13.6. The van der Waals surface area contributed by atoms with E-state index < -0.39 is 22.5 Å². The van der Waals surface area contributed by atoms with Gasteiger partial charge in [-0.1, -0.05) is 19.8 Å². The molecular weight excluding hydrogens is 295 g/mol. The molecule has 1 saturated heterocycles. The van der Waals surface area contributed by atoms with Gasteiger partial charge in [0.2, 0.25) is 5.75 Å². The van der Waals surface area contributed by atoms with E-state index >= 15 is 0 Å². The highest BCUT2D eigenvalue weighted by Crippen LogP contribution is 2.25. The second-order valence-corrected chi connectivity index (χ2v) is 5.08. The van der Waals surface area contributed by atoms with E-state index in [1.165, 1.54) is 4.90 Å². The lowest BCUT2D eigenvalue weighted by molar-refractivity contribution is -0.385. The molecule has 8 heteroatoms. The van der Waals surface area contributed by atoms with E-state index in [1.54, 1.807) is 0 Å². The van der Waals surface area contributed by atoms with Gasteiger partial charge in [-0.3, -0.25) is 15.0 Å². The van der Waals surface area contributed by atoms with Crippen LogP contribution in [-0.2, 0) is 4.89 Å². The number of hydrogen-bond acceptors (Lipinski definition) is 5. The Balaban J connectivity index is 1.87. The highest BCUT2D eigenvalue weighted by atomic mass is 19.1. The smallest absolute Gasteiger partial charge is 0.302 e. The van der Waals surface area contributed by atoms with Crippen LogP contribution >= 0.6 is 0 Å². The molecule has 0 spiro atoms. The summed E-state index contributed by atoms with van der Waals surface area (Å²) < 4.78 is 13.6. The fourth-order valence-corrected chi connectivity index (χ4v) is 2.22. The second kappa shape index (κ2) is 7.06. The predicted octanol–water partition coefficient (Wildman–Crippen LogP) is 3.43. The van der Waals surface area contributed by atoms with E-state index in [9.17, 15) is 19.3 Å². The Morgan fingerprint density at radius 2 is 2.32 bits per heavy atom. The maximum Gasteiger partial charge on any atom is 0.453 e. The van der Waals surface area contributed by atoms with Crippen molar-refractivity contribution >= 4 is 11.8 Å². The lowest BCUT2D eigenvalue weighted by Crippen LogP contribution is -2.51. The summed E-state index contributed by atoms with van der Waals surface area (Å²) in [5.74, 6) is -1.34. The second-order valence-electron chi connectivity index (χ2n) is 5.08. The fourth-order valence-electron chi connectivity index (χ4n) is 2.22. The topological polar surface area (TPSA) is 81.9 Å². The summed E-state index contributed by atoms with van der Waals surface area (Å²) in [6.45, 7) is 2.65. The van der Waals surface area contributed by atoms with Gasteiger partial charge in [-0.25, -0.2) is 14.1 Å². The first kappa shape index (κ1) is 16.0. The summed E-state index contributed by atoms with van der Waals surface area (Å²) in [6, 6.07) is 2.96. The summed E-state index contributed by atoms with van der Waals surface area (Å²) >= 11 is 0. The van der Waals surface area contributed by atoms with Gasteiger partial charge in [-0.05, 0) is 18.9 Å². The van der Waals surface area contributed by atoms with Gasteiger partial charge >= 0.3 is 6.09 Å². The van der Waals surface area contributed by atoms with Gasteiger partial charge in [0.1, 0.15) is 0 Å². The molecule has 2 rings (SSSR count). The molecule has 1 aromatic rings. The van der Waals surface area contributed by atoms with Crippen LogP contribution < -0.4 is 4.89 Å². The third kappa shape index (κ3) is 3.63. The zero-order chi connectivity index (χ0) is 16.1. The van der Waals surface area contributed by atoms with Crippen molar-refractivity contribution < 1.29 is 23.9 Å². The molecule has 0 saturated carbocycles. The van der Waals surface area contributed by atoms with Crippen molar-refractivity contribution in [3.05, 3.63) is 34.1 Å². The van der Waals surface area contributed by atoms with Crippen molar-refractivity contribution in [2.24, 2.45) is 0 Å². The van der Waals surface area contributed by atoms with Crippen molar-refractivity contribution in [3.8, 4) is 5.75 Å². The number of nitro benzene ring substituents is 1. The third-order valence-electron chi connectivity index (χ3n) is 3.60. The summed E-state index contributed by atoms with van der Waals surface area (Å²) in [5, 5.41) is 10.5. The Kier molecular flexibility index (Phi) is 5.13. The number of rotatable bonds is 6. The number of unbranched alkanes of at least 4 members (excludes halogenated alkanes) is 1. The van der Waals surface area contributed by atoms with Gasteiger partial charge in [0.25, 0.3) is 5.69 Å². The number of carbonyl (C=O) groups is 1. The number of benzene rings is 1. The first-order valence-corrected chi connectivity index (χ1v) is 7.12. The average Bonchev–Trinajstić information content (AvgIpc) is 2.45. The summed E-state index contributed by atoms with van der Waals surface area (Å²) in [7, 11) is 0. The van der Waals surface area contributed by atoms with Gasteiger partial charge in [-0.2, -0.15) is 0 Å². The molecule has 1 aliphatic rings. The molecule has 1 aromatic carbocycles. The van der Waals surface area contributed by atoms with E-state index in [4.69, 9.17) is 0 Å². The molecule has 7 nitrogen and oxygen atoms in total. The summed E-state index contributed by atoms with van der Waals surface area (Å²) in [6.07, 6.45) is 3.21. The number of carbonyl (C=O) groups excluding carboxylic acids is 1. The van der Waals surface area contributed by atoms with Crippen molar-refractivity contribution in [3.63, 3.8) is 0 Å². The van der Waals surface area contributed by atoms with Crippen molar-refractivity contribution in [2.75, 3.05) is 6.54 Å². The van der Waals surface area contributed by atoms with E-state index in [0.717, 1.165) is 37.8 Å². The van der Waals surface area contributed by atoms with Crippen LogP contribution in [0.1, 0.15) is 32.6 Å². The highest BCUT2D eigenvalue weighted by Gasteiger charge is 2.33. The minimum atomic E-state index is -0.965. The van der Waals surface area contributed by atoms with Crippen LogP contribution in [0.3, 0.4) is 0 Å². The molecule has 1 unspecified atom stereocenters. The van der Waals surface area contributed by atoms with Crippen LogP contribution in [0.25, 0.3) is 0 Å². The molecule has 0 N–H and O–H groups in total.